The zero-order chi connectivity index (χ0) is 18.3. The molecule has 2 aliphatic rings. The van der Waals surface area contributed by atoms with Crippen LogP contribution in [0, 0.1) is 0 Å². The maximum absolute atomic E-state index is 13.5. The molecule has 134 valence electrons. The van der Waals surface area contributed by atoms with E-state index in [0.29, 0.717) is 12.5 Å². The molecule has 0 radical (unpaired) electrons. The Morgan fingerprint density at radius 1 is 1.27 bits per heavy atom. The molecule has 2 aliphatic heterocycles. The zero-order valence-electron chi connectivity index (χ0n) is 14.8. The van der Waals surface area contributed by atoms with Crippen molar-refractivity contribution in [3.05, 3.63) is 60.6 Å². The highest BCUT2D eigenvalue weighted by molar-refractivity contribution is 6.03. The van der Waals surface area contributed by atoms with Gasteiger partial charge in [-0.25, -0.2) is 9.67 Å². The SMILES string of the molecule is CC(C)(C(=O)N1CCc2ccccc21)N1C(n2cccn2)=NC=CC1O. The molecule has 0 fully saturated rings. The van der Waals surface area contributed by atoms with E-state index in [2.05, 4.69) is 10.1 Å². The molecule has 0 saturated carbocycles. The molecule has 0 bridgehead atoms. The molecule has 1 atom stereocenters. The average Bonchev–Trinajstić information content (AvgIpc) is 3.30. The second-order valence-corrected chi connectivity index (χ2v) is 6.90. The summed E-state index contributed by atoms with van der Waals surface area (Å²) in [5, 5.41) is 14.8. The van der Waals surface area contributed by atoms with Crippen LogP contribution in [0.1, 0.15) is 19.4 Å². The van der Waals surface area contributed by atoms with Gasteiger partial charge in [0.2, 0.25) is 5.96 Å². The average molecular weight is 351 g/mol. The summed E-state index contributed by atoms with van der Waals surface area (Å²) in [7, 11) is 0. The Morgan fingerprint density at radius 2 is 2.08 bits per heavy atom. The van der Waals surface area contributed by atoms with Gasteiger partial charge in [-0.3, -0.25) is 9.69 Å². The van der Waals surface area contributed by atoms with Crippen molar-refractivity contribution >= 4 is 17.6 Å². The molecule has 2 aromatic rings. The van der Waals surface area contributed by atoms with Gasteiger partial charge in [0.1, 0.15) is 5.54 Å². The van der Waals surface area contributed by atoms with E-state index >= 15 is 0 Å². The number of benzene rings is 1. The predicted octanol–water partition coefficient (Wildman–Crippen LogP) is 1.60. The fourth-order valence-electron chi connectivity index (χ4n) is 3.57. The van der Waals surface area contributed by atoms with Crippen molar-refractivity contribution in [3.63, 3.8) is 0 Å². The van der Waals surface area contributed by atoms with Crippen molar-refractivity contribution in [2.75, 3.05) is 11.4 Å². The van der Waals surface area contributed by atoms with Crippen LogP contribution in [-0.2, 0) is 11.2 Å². The minimum atomic E-state index is -1.02. The van der Waals surface area contributed by atoms with E-state index in [0.717, 1.165) is 17.7 Å². The van der Waals surface area contributed by atoms with Crippen LogP contribution in [0.15, 0.2) is 60.0 Å². The van der Waals surface area contributed by atoms with E-state index in [1.54, 1.807) is 52.9 Å². The van der Waals surface area contributed by atoms with E-state index in [4.69, 9.17) is 0 Å². The number of carbonyl (C=O) groups is 1. The van der Waals surface area contributed by atoms with Crippen LogP contribution in [0.2, 0.25) is 0 Å². The topological polar surface area (TPSA) is 74.0 Å². The smallest absolute Gasteiger partial charge is 0.252 e. The third kappa shape index (κ3) is 2.52. The molecule has 1 N–H and O–H groups in total. The predicted molar refractivity (Wildman–Crippen MR) is 98.6 cm³/mol. The number of aliphatic hydroxyl groups excluding tert-OH is 1. The zero-order valence-corrected chi connectivity index (χ0v) is 14.8. The molecule has 7 heteroatoms. The number of amides is 1. The molecular weight excluding hydrogens is 330 g/mol. The van der Waals surface area contributed by atoms with E-state index in [1.165, 1.54) is 6.20 Å². The summed E-state index contributed by atoms with van der Waals surface area (Å²) in [6.07, 6.45) is 6.33. The molecular formula is C19H21N5O2. The van der Waals surface area contributed by atoms with Gasteiger partial charge in [-0.15, -0.1) is 0 Å². The Labute approximate surface area is 151 Å². The first-order valence-electron chi connectivity index (χ1n) is 8.62. The second kappa shape index (κ2) is 6.10. The number of aromatic nitrogens is 2. The molecule has 0 aliphatic carbocycles. The standard InChI is InChI=1S/C19H21N5O2/c1-19(2,17(26)22-13-9-14-6-3-4-7-15(14)22)24-16(25)8-11-20-18(24)23-12-5-10-21-23/h3-8,10-12,16,25H,9,13H2,1-2H3. The minimum absolute atomic E-state index is 0.0864. The quantitative estimate of drug-likeness (QED) is 0.892. The van der Waals surface area contributed by atoms with Gasteiger partial charge in [0.25, 0.3) is 5.91 Å². The molecule has 1 unspecified atom stereocenters. The first-order chi connectivity index (χ1) is 12.5. The number of fused-ring (bicyclic) bond motifs is 1. The van der Waals surface area contributed by atoms with Crippen molar-refractivity contribution in [1.82, 2.24) is 14.7 Å². The maximum atomic E-state index is 13.5. The first-order valence-corrected chi connectivity index (χ1v) is 8.62. The summed E-state index contributed by atoms with van der Waals surface area (Å²) in [5.41, 5.74) is 1.08. The number of hydrogen-bond acceptors (Lipinski definition) is 5. The lowest BCUT2D eigenvalue weighted by molar-refractivity contribution is -0.130. The highest BCUT2D eigenvalue weighted by Crippen LogP contribution is 2.32. The van der Waals surface area contributed by atoms with Crippen LogP contribution in [0.4, 0.5) is 5.69 Å². The number of aliphatic imine (C=N–C) groups is 1. The molecule has 0 spiro atoms. The number of rotatable bonds is 2. The number of aliphatic hydroxyl groups is 1. The number of hydrogen-bond donors (Lipinski definition) is 1. The molecule has 1 aromatic carbocycles. The van der Waals surface area contributed by atoms with Crippen molar-refractivity contribution < 1.29 is 9.90 Å². The maximum Gasteiger partial charge on any atom is 0.252 e. The van der Waals surface area contributed by atoms with E-state index in [-0.39, 0.29) is 5.91 Å². The molecule has 7 nitrogen and oxygen atoms in total. The van der Waals surface area contributed by atoms with Crippen molar-refractivity contribution in [2.24, 2.45) is 4.99 Å². The fraction of sp³-hybridized carbons (Fsp3) is 0.316. The summed E-state index contributed by atoms with van der Waals surface area (Å²) >= 11 is 0. The number of anilines is 1. The molecule has 1 amide bonds. The van der Waals surface area contributed by atoms with Crippen LogP contribution in [-0.4, -0.2) is 50.0 Å². The van der Waals surface area contributed by atoms with Crippen LogP contribution >= 0.6 is 0 Å². The second-order valence-electron chi connectivity index (χ2n) is 6.90. The van der Waals surface area contributed by atoms with Gasteiger partial charge in [0, 0.05) is 30.8 Å². The fourth-order valence-corrected chi connectivity index (χ4v) is 3.57. The Balaban J connectivity index is 1.70. The Bertz CT molecular complexity index is 885. The summed E-state index contributed by atoms with van der Waals surface area (Å²) in [5.74, 6) is 0.326. The monoisotopic (exact) mass is 351 g/mol. The Morgan fingerprint density at radius 3 is 2.85 bits per heavy atom. The van der Waals surface area contributed by atoms with Gasteiger partial charge in [0.05, 0.1) is 0 Å². The van der Waals surface area contributed by atoms with Gasteiger partial charge in [-0.1, -0.05) is 18.2 Å². The summed E-state index contributed by atoms with van der Waals surface area (Å²) in [4.78, 5) is 21.2. The van der Waals surface area contributed by atoms with Crippen molar-refractivity contribution in [2.45, 2.75) is 32.0 Å². The summed E-state index contributed by atoms with van der Waals surface area (Å²) < 4.78 is 1.56. The minimum Gasteiger partial charge on any atom is -0.370 e. The Kier molecular flexibility index (Phi) is 3.88. The molecule has 3 heterocycles. The van der Waals surface area contributed by atoms with Crippen molar-refractivity contribution in [1.29, 1.82) is 0 Å². The van der Waals surface area contributed by atoms with E-state index in [1.807, 2.05) is 24.3 Å². The first kappa shape index (κ1) is 16.5. The molecule has 26 heavy (non-hydrogen) atoms. The van der Waals surface area contributed by atoms with Crippen LogP contribution in [0.5, 0.6) is 0 Å². The van der Waals surface area contributed by atoms with Crippen LogP contribution in [0.25, 0.3) is 0 Å². The molecule has 1 aromatic heterocycles. The normalized spacial score (nSPS) is 19.5. The van der Waals surface area contributed by atoms with E-state index < -0.39 is 11.8 Å². The van der Waals surface area contributed by atoms with Crippen molar-refractivity contribution in [3.8, 4) is 0 Å². The third-order valence-corrected chi connectivity index (χ3v) is 4.90. The lowest BCUT2D eigenvalue weighted by Crippen LogP contribution is -2.62. The number of nitrogens with zero attached hydrogens (tertiary/aromatic N) is 5. The third-order valence-electron chi connectivity index (χ3n) is 4.90. The lowest BCUT2D eigenvalue weighted by atomic mass is 9.99. The largest absolute Gasteiger partial charge is 0.370 e. The summed E-state index contributed by atoms with van der Waals surface area (Å²) in [6, 6.07) is 9.71. The molecule has 0 saturated heterocycles. The molecule has 4 rings (SSSR count). The van der Waals surface area contributed by atoms with Gasteiger partial charge in [-0.2, -0.15) is 5.10 Å². The van der Waals surface area contributed by atoms with Crippen LogP contribution in [0.3, 0.4) is 0 Å². The van der Waals surface area contributed by atoms with Gasteiger partial charge in [-0.05, 0) is 44.0 Å². The van der Waals surface area contributed by atoms with Gasteiger partial charge in [0.15, 0.2) is 6.23 Å². The summed E-state index contributed by atoms with van der Waals surface area (Å²) in [6.45, 7) is 4.24. The van der Waals surface area contributed by atoms with Gasteiger partial charge >= 0.3 is 0 Å². The Hall–Kier alpha value is -2.93. The highest BCUT2D eigenvalue weighted by atomic mass is 16.3. The van der Waals surface area contributed by atoms with E-state index in [9.17, 15) is 9.90 Å². The number of carbonyl (C=O) groups excluding carboxylic acids is 1. The highest BCUT2D eigenvalue weighted by Gasteiger charge is 2.45. The van der Waals surface area contributed by atoms with Crippen LogP contribution < -0.4 is 4.90 Å². The number of para-hydroxylation sites is 1. The van der Waals surface area contributed by atoms with Gasteiger partial charge < -0.3 is 10.0 Å². The lowest BCUT2D eigenvalue weighted by Gasteiger charge is -2.43.